The van der Waals surface area contributed by atoms with Crippen molar-refractivity contribution in [3.8, 4) is 5.75 Å². The van der Waals surface area contributed by atoms with Gasteiger partial charge >= 0.3 is 5.97 Å². The molecule has 0 radical (unpaired) electrons. The van der Waals surface area contributed by atoms with Gasteiger partial charge in [0.15, 0.2) is 6.61 Å². The van der Waals surface area contributed by atoms with Gasteiger partial charge in [0.2, 0.25) is 0 Å². The summed E-state index contributed by atoms with van der Waals surface area (Å²) >= 11 is 0. The number of para-hydroxylation sites is 3. The fourth-order valence-corrected chi connectivity index (χ4v) is 2.73. The van der Waals surface area contributed by atoms with E-state index in [2.05, 4.69) is 10.6 Å². The summed E-state index contributed by atoms with van der Waals surface area (Å²) in [5.74, 6) is -2.01. The topological polar surface area (TPSA) is 105 Å². The molecular weight excluding hydrogens is 384 g/mol. The van der Waals surface area contributed by atoms with Crippen LogP contribution in [0.15, 0.2) is 72.8 Å². The summed E-state index contributed by atoms with van der Waals surface area (Å²) in [5.41, 5.74) is 1.66. The molecule has 7 nitrogen and oxygen atoms in total. The zero-order valence-electron chi connectivity index (χ0n) is 16.2. The molecule has 0 unspecified atom stereocenters. The molecular formula is C23H20N2O5. The normalized spacial score (nSPS) is 10.2. The molecule has 0 heterocycles. The molecule has 152 valence electrons. The van der Waals surface area contributed by atoms with Crippen LogP contribution >= 0.6 is 0 Å². The molecule has 0 aliphatic heterocycles. The molecule has 0 saturated carbocycles. The molecule has 3 aromatic rings. The zero-order chi connectivity index (χ0) is 21.5. The van der Waals surface area contributed by atoms with E-state index in [1.54, 1.807) is 67.6 Å². The maximum absolute atomic E-state index is 12.6. The average molecular weight is 404 g/mol. The maximum Gasteiger partial charge on any atom is 0.342 e. The average Bonchev–Trinajstić information content (AvgIpc) is 2.75. The van der Waals surface area contributed by atoms with Crippen LogP contribution in [-0.4, -0.2) is 29.5 Å². The van der Waals surface area contributed by atoms with Gasteiger partial charge in [-0.15, -0.1) is 0 Å². The second kappa shape index (κ2) is 9.38. The minimum Gasteiger partial charge on any atom is -0.507 e. The Kier molecular flexibility index (Phi) is 6.44. The lowest BCUT2D eigenvalue weighted by Crippen LogP contribution is -2.23. The number of nitrogens with one attached hydrogen (secondary N) is 2. The van der Waals surface area contributed by atoms with Crippen LogP contribution in [0.2, 0.25) is 0 Å². The third-order valence-corrected chi connectivity index (χ3v) is 4.27. The number of ether oxygens (including phenoxy) is 1. The first-order valence-electron chi connectivity index (χ1n) is 9.16. The van der Waals surface area contributed by atoms with E-state index in [9.17, 15) is 19.5 Å². The predicted octanol–water partition coefficient (Wildman–Crippen LogP) is 3.75. The molecule has 30 heavy (non-hydrogen) atoms. The first-order chi connectivity index (χ1) is 14.5. The Morgan fingerprint density at radius 2 is 1.50 bits per heavy atom. The summed E-state index contributed by atoms with van der Waals surface area (Å²) in [5, 5.41) is 15.3. The number of aromatic hydroxyl groups is 1. The fraction of sp³-hybridized carbons (Fsp3) is 0.0870. The predicted molar refractivity (Wildman–Crippen MR) is 113 cm³/mol. The van der Waals surface area contributed by atoms with Crippen LogP contribution in [0.4, 0.5) is 11.4 Å². The van der Waals surface area contributed by atoms with Crippen LogP contribution in [0.1, 0.15) is 26.3 Å². The number of hydrogen-bond donors (Lipinski definition) is 3. The van der Waals surface area contributed by atoms with Gasteiger partial charge < -0.3 is 20.5 Å². The van der Waals surface area contributed by atoms with Gasteiger partial charge in [-0.05, 0) is 42.8 Å². The number of carbonyl (C=O) groups excluding carboxylic acids is 3. The lowest BCUT2D eigenvalue weighted by Gasteiger charge is -2.12. The Labute approximate surface area is 173 Å². The van der Waals surface area contributed by atoms with Crippen molar-refractivity contribution in [2.45, 2.75) is 6.92 Å². The number of anilines is 2. The molecule has 7 heteroatoms. The van der Waals surface area contributed by atoms with Crippen LogP contribution < -0.4 is 10.6 Å². The molecule has 0 aliphatic rings. The lowest BCUT2D eigenvalue weighted by molar-refractivity contribution is -0.119. The van der Waals surface area contributed by atoms with E-state index in [0.717, 1.165) is 0 Å². The van der Waals surface area contributed by atoms with E-state index in [1.165, 1.54) is 6.07 Å². The highest BCUT2D eigenvalue weighted by Crippen LogP contribution is 2.22. The van der Waals surface area contributed by atoms with E-state index < -0.39 is 24.4 Å². The molecule has 0 spiro atoms. The van der Waals surface area contributed by atoms with Gasteiger partial charge in [0.25, 0.3) is 11.8 Å². The Balaban J connectivity index is 1.63. The minimum absolute atomic E-state index is 0.0227. The van der Waals surface area contributed by atoms with E-state index >= 15 is 0 Å². The summed E-state index contributed by atoms with van der Waals surface area (Å²) < 4.78 is 4.98. The van der Waals surface area contributed by atoms with Crippen molar-refractivity contribution in [3.05, 3.63) is 89.5 Å². The van der Waals surface area contributed by atoms with Crippen molar-refractivity contribution in [1.82, 2.24) is 0 Å². The largest absolute Gasteiger partial charge is 0.507 e. The van der Waals surface area contributed by atoms with Crippen molar-refractivity contribution in [2.24, 2.45) is 0 Å². The van der Waals surface area contributed by atoms with Gasteiger partial charge in [0.05, 0.1) is 11.3 Å². The summed E-state index contributed by atoms with van der Waals surface area (Å²) in [4.78, 5) is 36.9. The van der Waals surface area contributed by atoms with Crippen LogP contribution in [0.3, 0.4) is 0 Å². The second-order valence-corrected chi connectivity index (χ2v) is 6.46. The van der Waals surface area contributed by atoms with Crippen LogP contribution in [-0.2, 0) is 9.53 Å². The number of phenolic OH excluding ortho intramolecular Hbond substituents is 1. The van der Waals surface area contributed by atoms with Gasteiger partial charge in [-0.2, -0.15) is 0 Å². The molecule has 3 aromatic carbocycles. The van der Waals surface area contributed by atoms with E-state index in [0.29, 0.717) is 11.3 Å². The Morgan fingerprint density at radius 1 is 0.833 bits per heavy atom. The quantitative estimate of drug-likeness (QED) is 0.543. The molecule has 0 aromatic heterocycles. The standard InChI is InChI=1S/C23H20N2O5/c1-15-8-7-12-18(21(15)27)23(29)30-14-20(26)25-19-13-6-5-11-17(19)22(28)24-16-9-3-2-4-10-16/h2-13,27H,14H2,1H3,(H,24,28)(H,25,26). The van der Waals surface area contributed by atoms with Crippen molar-refractivity contribution in [1.29, 1.82) is 0 Å². The number of amides is 2. The Bertz CT molecular complexity index is 1080. The summed E-state index contributed by atoms with van der Waals surface area (Å²) in [6.07, 6.45) is 0. The Morgan fingerprint density at radius 3 is 2.27 bits per heavy atom. The highest BCUT2D eigenvalue weighted by atomic mass is 16.5. The van der Waals surface area contributed by atoms with Crippen LogP contribution in [0.25, 0.3) is 0 Å². The molecule has 0 atom stereocenters. The number of carbonyl (C=O) groups is 3. The highest BCUT2D eigenvalue weighted by Gasteiger charge is 2.17. The fourth-order valence-electron chi connectivity index (χ4n) is 2.73. The van der Waals surface area contributed by atoms with Crippen molar-refractivity contribution in [2.75, 3.05) is 17.2 Å². The van der Waals surface area contributed by atoms with Gasteiger partial charge in [-0.3, -0.25) is 9.59 Å². The number of benzene rings is 3. The van der Waals surface area contributed by atoms with Crippen LogP contribution in [0, 0.1) is 6.92 Å². The number of hydrogen-bond acceptors (Lipinski definition) is 5. The first kappa shape index (κ1) is 20.6. The maximum atomic E-state index is 12.6. The van der Waals surface area contributed by atoms with Crippen molar-refractivity contribution >= 4 is 29.2 Å². The van der Waals surface area contributed by atoms with Gasteiger partial charge in [-0.25, -0.2) is 4.79 Å². The smallest absolute Gasteiger partial charge is 0.342 e. The van der Waals surface area contributed by atoms with Crippen molar-refractivity contribution < 1.29 is 24.2 Å². The van der Waals surface area contributed by atoms with E-state index in [1.807, 2.05) is 6.07 Å². The zero-order valence-corrected chi connectivity index (χ0v) is 16.2. The molecule has 0 bridgehead atoms. The molecule has 3 N–H and O–H groups in total. The number of rotatable bonds is 6. The highest BCUT2D eigenvalue weighted by molar-refractivity contribution is 6.10. The lowest BCUT2D eigenvalue weighted by atomic mass is 10.1. The SMILES string of the molecule is Cc1cccc(C(=O)OCC(=O)Nc2ccccc2C(=O)Nc2ccccc2)c1O. The molecule has 0 saturated heterocycles. The van der Waals surface area contributed by atoms with E-state index in [4.69, 9.17) is 4.74 Å². The van der Waals surface area contributed by atoms with Gasteiger partial charge in [-0.1, -0.05) is 42.5 Å². The second-order valence-electron chi connectivity index (χ2n) is 6.46. The molecule has 2 amide bonds. The summed E-state index contributed by atoms with van der Waals surface area (Å²) in [6, 6.07) is 20.1. The molecule has 0 fully saturated rings. The third kappa shape index (κ3) is 5.02. The third-order valence-electron chi connectivity index (χ3n) is 4.27. The van der Waals surface area contributed by atoms with Gasteiger partial charge in [0, 0.05) is 5.69 Å². The summed E-state index contributed by atoms with van der Waals surface area (Å²) in [7, 11) is 0. The summed E-state index contributed by atoms with van der Waals surface area (Å²) in [6.45, 7) is 1.08. The number of esters is 1. The van der Waals surface area contributed by atoms with Crippen molar-refractivity contribution in [3.63, 3.8) is 0 Å². The van der Waals surface area contributed by atoms with Crippen LogP contribution in [0.5, 0.6) is 5.75 Å². The van der Waals surface area contributed by atoms with E-state index in [-0.39, 0.29) is 22.6 Å². The first-order valence-corrected chi connectivity index (χ1v) is 9.16. The number of aryl methyl sites for hydroxylation is 1. The monoisotopic (exact) mass is 404 g/mol. The molecule has 3 rings (SSSR count). The molecule has 0 aliphatic carbocycles. The minimum atomic E-state index is -0.818. The van der Waals surface area contributed by atoms with Gasteiger partial charge in [0.1, 0.15) is 11.3 Å². The Hall–Kier alpha value is -4.13. The number of phenols is 1.